The quantitative estimate of drug-likeness (QED) is 0.645. The van der Waals surface area contributed by atoms with Crippen molar-refractivity contribution >= 4 is 27.5 Å². The molecule has 1 N–H and O–H groups in total. The molecule has 4 rings (SSSR count). The summed E-state index contributed by atoms with van der Waals surface area (Å²) in [7, 11) is -3.59. The van der Waals surface area contributed by atoms with Crippen LogP contribution in [-0.4, -0.2) is 54.1 Å². The average molecular weight is 428 g/mol. The second-order valence-electron chi connectivity index (χ2n) is 6.85. The van der Waals surface area contributed by atoms with Gasteiger partial charge >= 0.3 is 0 Å². The summed E-state index contributed by atoms with van der Waals surface area (Å²) in [6.07, 6.45) is 1.68. The summed E-state index contributed by atoms with van der Waals surface area (Å²) in [4.78, 5) is 6.16. The Bertz CT molecular complexity index is 1090. The van der Waals surface area contributed by atoms with E-state index in [-0.39, 0.29) is 11.3 Å². The van der Waals surface area contributed by atoms with Gasteiger partial charge in [0.1, 0.15) is 11.6 Å². The summed E-state index contributed by atoms with van der Waals surface area (Å²) in [5.74, 6) is 1.08. The highest BCUT2D eigenvalue weighted by atomic mass is 32.2. The maximum absolute atomic E-state index is 13.8. The van der Waals surface area contributed by atoms with Gasteiger partial charge in [0.2, 0.25) is 10.0 Å². The molecule has 156 valence electrons. The van der Waals surface area contributed by atoms with Crippen molar-refractivity contribution in [1.82, 2.24) is 19.5 Å². The lowest BCUT2D eigenvalue weighted by atomic mass is 10.2. The first-order valence-electron chi connectivity index (χ1n) is 9.49. The van der Waals surface area contributed by atoms with Crippen LogP contribution in [0.2, 0.25) is 0 Å². The number of sulfonamides is 1. The molecule has 0 radical (unpaired) electrons. The van der Waals surface area contributed by atoms with E-state index in [2.05, 4.69) is 20.5 Å². The molecule has 1 fully saturated rings. The number of halogens is 1. The normalized spacial score (nSPS) is 15.2. The van der Waals surface area contributed by atoms with E-state index in [9.17, 15) is 12.8 Å². The van der Waals surface area contributed by atoms with Crippen LogP contribution in [0.1, 0.15) is 5.56 Å². The number of nitrogens with one attached hydrogen (secondary N) is 1. The molecule has 10 heteroatoms. The van der Waals surface area contributed by atoms with Crippen LogP contribution in [0.5, 0.6) is 0 Å². The number of hydrogen-bond acceptors (Lipinski definition) is 7. The average Bonchev–Trinajstić information content (AvgIpc) is 2.77. The summed E-state index contributed by atoms with van der Waals surface area (Å²) < 4.78 is 40.6. The standard InChI is InChI=1S/C20H21FN6O2S/c21-17-6-2-1-5-16(17)15-30(28,29)27-13-11-26(12-14-27)20-9-8-19(24-25-20)23-18-7-3-4-10-22-18/h1-10H,11-15H2,(H,22,23,24). The van der Waals surface area contributed by atoms with Gasteiger partial charge in [-0.3, -0.25) is 0 Å². The summed E-state index contributed by atoms with van der Waals surface area (Å²) in [5.41, 5.74) is 0.182. The van der Waals surface area contributed by atoms with E-state index in [4.69, 9.17) is 0 Å². The van der Waals surface area contributed by atoms with Crippen LogP contribution in [0.4, 0.5) is 21.8 Å². The van der Waals surface area contributed by atoms with Crippen LogP contribution in [0, 0.1) is 5.82 Å². The van der Waals surface area contributed by atoms with Gasteiger partial charge < -0.3 is 10.2 Å². The summed E-state index contributed by atoms with van der Waals surface area (Å²) >= 11 is 0. The van der Waals surface area contributed by atoms with Crippen molar-refractivity contribution < 1.29 is 12.8 Å². The minimum atomic E-state index is -3.59. The van der Waals surface area contributed by atoms with Crippen LogP contribution in [0.25, 0.3) is 0 Å². The van der Waals surface area contributed by atoms with Crippen LogP contribution in [0.3, 0.4) is 0 Å². The molecule has 3 aromatic rings. The SMILES string of the molecule is O=S(=O)(Cc1ccccc1F)N1CCN(c2ccc(Nc3ccccn3)nn2)CC1. The number of hydrogen-bond donors (Lipinski definition) is 1. The number of benzene rings is 1. The third-order valence-corrected chi connectivity index (χ3v) is 6.65. The Hall–Kier alpha value is -3.11. The fourth-order valence-electron chi connectivity index (χ4n) is 3.23. The highest BCUT2D eigenvalue weighted by Gasteiger charge is 2.28. The second kappa shape index (κ2) is 8.72. The summed E-state index contributed by atoms with van der Waals surface area (Å²) in [6, 6.07) is 15.1. The molecule has 0 amide bonds. The number of anilines is 3. The van der Waals surface area contributed by atoms with Gasteiger partial charge in [0.05, 0.1) is 5.75 Å². The van der Waals surface area contributed by atoms with Gasteiger partial charge in [0.15, 0.2) is 11.6 Å². The van der Waals surface area contributed by atoms with Crippen molar-refractivity contribution in [2.75, 3.05) is 36.4 Å². The lowest BCUT2D eigenvalue weighted by Crippen LogP contribution is -2.49. The molecule has 1 aromatic carbocycles. The Morgan fingerprint density at radius 1 is 0.900 bits per heavy atom. The molecule has 30 heavy (non-hydrogen) atoms. The van der Waals surface area contributed by atoms with Crippen molar-refractivity contribution in [3.8, 4) is 0 Å². The molecule has 1 aliphatic heterocycles. The molecule has 0 saturated carbocycles. The second-order valence-corrected chi connectivity index (χ2v) is 8.82. The Kier molecular flexibility index (Phi) is 5.86. The smallest absolute Gasteiger partial charge is 0.218 e. The highest BCUT2D eigenvalue weighted by molar-refractivity contribution is 7.88. The lowest BCUT2D eigenvalue weighted by Gasteiger charge is -2.34. The van der Waals surface area contributed by atoms with Gasteiger partial charge in [-0.25, -0.2) is 17.8 Å². The van der Waals surface area contributed by atoms with E-state index < -0.39 is 15.8 Å². The maximum Gasteiger partial charge on any atom is 0.218 e. The first-order chi connectivity index (χ1) is 14.5. The van der Waals surface area contributed by atoms with Gasteiger partial charge in [-0.05, 0) is 30.3 Å². The van der Waals surface area contributed by atoms with Crippen LogP contribution >= 0.6 is 0 Å². The Labute approximate surface area is 174 Å². The zero-order valence-electron chi connectivity index (χ0n) is 16.1. The Morgan fingerprint density at radius 3 is 2.33 bits per heavy atom. The molecular formula is C20H21FN6O2S. The molecule has 8 nitrogen and oxygen atoms in total. The number of pyridine rings is 1. The van der Waals surface area contributed by atoms with Crippen molar-refractivity contribution in [3.05, 3.63) is 72.2 Å². The molecule has 0 atom stereocenters. The van der Waals surface area contributed by atoms with Crippen LogP contribution < -0.4 is 10.2 Å². The topological polar surface area (TPSA) is 91.3 Å². The number of aromatic nitrogens is 3. The molecule has 2 aromatic heterocycles. The summed E-state index contributed by atoms with van der Waals surface area (Å²) in [5, 5.41) is 11.5. The monoisotopic (exact) mass is 428 g/mol. The number of nitrogens with zero attached hydrogens (tertiary/aromatic N) is 5. The van der Waals surface area contributed by atoms with E-state index in [1.54, 1.807) is 24.4 Å². The number of rotatable bonds is 6. The first-order valence-corrected chi connectivity index (χ1v) is 11.1. The molecule has 1 aliphatic rings. The summed E-state index contributed by atoms with van der Waals surface area (Å²) in [6.45, 7) is 1.59. The largest absolute Gasteiger partial charge is 0.352 e. The van der Waals surface area contributed by atoms with Gasteiger partial charge in [0, 0.05) is 37.9 Å². The molecule has 0 bridgehead atoms. The van der Waals surface area contributed by atoms with E-state index >= 15 is 0 Å². The third kappa shape index (κ3) is 4.71. The zero-order valence-corrected chi connectivity index (χ0v) is 17.0. The molecule has 3 heterocycles. The molecule has 0 aliphatic carbocycles. The molecule has 1 saturated heterocycles. The predicted molar refractivity (Wildman–Crippen MR) is 112 cm³/mol. The zero-order chi connectivity index (χ0) is 21.0. The predicted octanol–water partition coefficient (Wildman–Crippen LogP) is 2.41. The van der Waals surface area contributed by atoms with Crippen molar-refractivity contribution in [2.24, 2.45) is 0 Å². The van der Waals surface area contributed by atoms with Gasteiger partial charge in [-0.15, -0.1) is 10.2 Å². The highest BCUT2D eigenvalue weighted by Crippen LogP contribution is 2.19. The third-order valence-electron chi connectivity index (χ3n) is 4.82. The van der Waals surface area contributed by atoms with E-state index in [0.29, 0.717) is 43.6 Å². The molecule has 0 spiro atoms. The van der Waals surface area contributed by atoms with E-state index in [0.717, 1.165) is 0 Å². The van der Waals surface area contributed by atoms with Crippen molar-refractivity contribution in [1.29, 1.82) is 0 Å². The van der Waals surface area contributed by atoms with Crippen LogP contribution in [0.15, 0.2) is 60.8 Å². The fraction of sp³-hybridized carbons (Fsp3) is 0.250. The van der Waals surface area contributed by atoms with Crippen molar-refractivity contribution in [3.63, 3.8) is 0 Å². The minimum absolute atomic E-state index is 0.182. The van der Waals surface area contributed by atoms with Gasteiger partial charge in [-0.2, -0.15) is 4.31 Å². The van der Waals surface area contributed by atoms with Crippen molar-refractivity contribution in [2.45, 2.75) is 5.75 Å². The maximum atomic E-state index is 13.8. The van der Waals surface area contributed by atoms with E-state index in [1.807, 2.05) is 29.2 Å². The van der Waals surface area contributed by atoms with Gasteiger partial charge in [0.25, 0.3) is 0 Å². The van der Waals surface area contributed by atoms with Gasteiger partial charge in [-0.1, -0.05) is 24.3 Å². The fourth-order valence-corrected chi connectivity index (χ4v) is 4.76. The van der Waals surface area contributed by atoms with Crippen LogP contribution in [-0.2, 0) is 15.8 Å². The Balaban J connectivity index is 1.35. The minimum Gasteiger partial charge on any atom is -0.352 e. The first kappa shape index (κ1) is 20.2. The molecular weight excluding hydrogens is 407 g/mol. The number of piperazine rings is 1. The van der Waals surface area contributed by atoms with E-state index in [1.165, 1.54) is 16.4 Å². The lowest BCUT2D eigenvalue weighted by molar-refractivity contribution is 0.382. The Morgan fingerprint density at radius 2 is 1.67 bits per heavy atom. The molecule has 0 unspecified atom stereocenters.